The summed E-state index contributed by atoms with van der Waals surface area (Å²) in [5.74, 6) is 0.188. The smallest absolute Gasteiger partial charge is 0.416 e. The van der Waals surface area contributed by atoms with Gasteiger partial charge >= 0.3 is 12.3 Å². The number of hydrogen-bond donors (Lipinski definition) is 1. The molecule has 0 aromatic heterocycles. The van der Waals surface area contributed by atoms with Crippen LogP contribution in [0.2, 0.25) is 0 Å². The van der Waals surface area contributed by atoms with Crippen molar-refractivity contribution < 1.29 is 23.1 Å². The van der Waals surface area contributed by atoms with Gasteiger partial charge in [-0.1, -0.05) is 12.1 Å². The van der Waals surface area contributed by atoms with Gasteiger partial charge in [0.2, 0.25) is 0 Å². The largest absolute Gasteiger partial charge is 0.465 e. The molecule has 0 spiro atoms. The molecule has 1 amide bonds. The highest BCUT2D eigenvalue weighted by Crippen LogP contribution is 2.30. The van der Waals surface area contributed by atoms with E-state index in [-0.39, 0.29) is 5.92 Å². The predicted molar refractivity (Wildman–Crippen MR) is 62.9 cm³/mol. The second-order valence-corrected chi connectivity index (χ2v) is 4.78. The molecule has 6 heteroatoms. The molecule has 1 saturated heterocycles. The number of benzene rings is 1. The van der Waals surface area contributed by atoms with Crippen molar-refractivity contribution in [3.63, 3.8) is 0 Å². The summed E-state index contributed by atoms with van der Waals surface area (Å²) in [6.45, 7) is 0.955. The standard InChI is InChI=1S/C13H14F3NO2/c14-13(15,16)11-3-1-9(2-4-11)7-10-5-6-17(8-10)12(18)19/h1-4,10H,5-8H2,(H,18,19). The van der Waals surface area contributed by atoms with E-state index < -0.39 is 17.8 Å². The normalized spacial score (nSPS) is 19.7. The second-order valence-electron chi connectivity index (χ2n) is 4.78. The summed E-state index contributed by atoms with van der Waals surface area (Å²) in [5.41, 5.74) is 0.153. The van der Waals surface area contributed by atoms with Crippen molar-refractivity contribution in [1.29, 1.82) is 0 Å². The van der Waals surface area contributed by atoms with Crippen LogP contribution < -0.4 is 0 Å². The Hall–Kier alpha value is -1.72. The van der Waals surface area contributed by atoms with Gasteiger partial charge in [-0.25, -0.2) is 4.79 Å². The Labute approximate surface area is 108 Å². The molecule has 1 atom stereocenters. The van der Waals surface area contributed by atoms with Crippen molar-refractivity contribution in [3.8, 4) is 0 Å². The molecule has 2 rings (SSSR count). The van der Waals surface area contributed by atoms with E-state index >= 15 is 0 Å². The quantitative estimate of drug-likeness (QED) is 0.898. The number of rotatable bonds is 2. The number of carboxylic acid groups (broad SMARTS) is 1. The van der Waals surface area contributed by atoms with Gasteiger partial charge in [-0.2, -0.15) is 13.2 Å². The number of carbonyl (C=O) groups is 1. The van der Waals surface area contributed by atoms with Crippen molar-refractivity contribution >= 4 is 6.09 Å². The van der Waals surface area contributed by atoms with Gasteiger partial charge in [0.15, 0.2) is 0 Å². The highest BCUT2D eigenvalue weighted by molar-refractivity contribution is 5.65. The molecule has 1 aromatic carbocycles. The van der Waals surface area contributed by atoms with Crippen LogP contribution in [0.1, 0.15) is 17.5 Å². The number of halogens is 3. The summed E-state index contributed by atoms with van der Waals surface area (Å²) >= 11 is 0. The molecule has 1 aliphatic heterocycles. The molecule has 1 heterocycles. The topological polar surface area (TPSA) is 40.5 Å². The molecular formula is C13H14F3NO2. The third-order valence-electron chi connectivity index (χ3n) is 3.36. The van der Waals surface area contributed by atoms with Crippen LogP contribution in [0.3, 0.4) is 0 Å². The lowest BCUT2D eigenvalue weighted by Gasteiger charge is -2.13. The van der Waals surface area contributed by atoms with Gasteiger partial charge in [0.25, 0.3) is 0 Å². The molecule has 1 N–H and O–H groups in total. The lowest BCUT2D eigenvalue weighted by molar-refractivity contribution is -0.137. The van der Waals surface area contributed by atoms with Crippen LogP contribution in [0.5, 0.6) is 0 Å². The highest BCUT2D eigenvalue weighted by atomic mass is 19.4. The first kappa shape index (κ1) is 13.7. The Balaban J connectivity index is 1.96. The Bertz CT molecular complexity index is 456. The molecule has 1 aromatic rings. The molecule has 3 nitrogen and oxygen atoms in total. The molecule has 0 saturated carbocycles. The first-order valence-electron chi connectivity index (χ1n) is 6.00. The minimum Gasteiger partial charge on any atom is -0.465 e. The zero-order valence-corrected chi connectivity index (χ0v) is 10.2. The Morgan fingerprint density at radius 1 is 1.32 bits per heavy atom. The van der Waals surface area contributed by atoms with Crippen LogP contribution in [0.4, 0.5) is 18.0 Å². The average Bonchev–Trinajstić information content (AvgIpc) is 2.77. The average molecular weight is 273 g/mol. The fourth-order valence-electron chi connectivity index (χ4n) is 2.34. The Kier molecular flexibility index (Phi) is 3.68. The fourth-order valence-corrected chi connectivity index (χ4v) is 2.34. The third kappa shape index (κ3) is 3.39. The van der Waals surface area contributed by atoms with Gasteiger partial charge < -0.3 is 10.0 Å². The number of hydrogen-bond acceptors (Lipinski definition) is 1. The molecular weight excluding hydrogens is 259 g/mol. The van der Waals surface area contributed by atoms with Crippen LogP contribution in [-0.4, -0.2) is 29.2 Å². The Morgan fingerprint density at radius 2 is 1.95 bits per heavy atom. The number of nitrogens with zero attached hydrogens (tertiary/aromatic N) is 1. The zero-order valence-electron chi connectivity index (χ0n) is 10.2. The second kappa shape index (κ2) is 5.11. The van der Waals surface area contributed by atoms with Crippen LogP contribution in [0, 0.1) is 5.92 Å². The zero-order chi connectivity index (χ0) is 14.0. The van der Waals surface area contributed by atoms with E-state index in [2.05, 4.69) is 0 Å². The molecule has 0 bridgehead atoms. The van der Waals surface area contributed by atoms with Crippen LogP contribution in [0.15, 0.2) is 24.3 Å². The molecule has 1 fully saturated rings. The van der Waals surface area contributed by atoms with E-state index in [1.165, 1.54) is 17.0 Å². The SMILES string of the molecule is O=C(O)N1CCC(Cc2ccc(C(F)(F)F)cc2)C1. The summed E-state index contributed by atoms with van der Waals surface area (Å²) in [6.07, 6.45) is -3.88. The van der Waals surface area contributed by atoms with Gasteiger partial charge in [0, 0.05) is 13.1 Å². The lowest BCUT2D eigenvalue weighted by atomic mass is 9.98. The minimum atomic E-state index is -4.31. The molecule has 1 aliphatic rings. The van der Waals surface area contributed by atoms with Crippen molar-refractivity contribution in [2.45, 2.75) is 19.0 Å². The molecule has 19 heavy (non-hydrogen) atoms. The van der Waals surface area contributed by atoms with Crippen LogP contribution in [0.25, 0.3) is 0 Å². The van der Waals surface area contributed by atoms with Gasteiger partial charge in [-0.05, 0) is 36.5 Å². The summed E-state index contributed by atoms with van der Waals surface area (Å²) in [4.78, 5) is 12.1. The summed E-state index contributed by atoms with van der Waals surface area (Å²) in [6, 6.07) is 5.07. The van der Waals surface area contributed by atoms with Gasteiger partial charge in [-0.3, -0.25) is 0 Å². The van der Waals surface area contributed by atoms with E-state index in [0.29, 0.717) is 19.5 Å². The van der Waals surface area contributed by atoms with Gasteiger partial charge in [0.1, 0.15) is 0 Å². The van der Waals surface area contributed by atoms with E-state index in [4.69, 9.17) is 5.11 Å². The maximum Gasteiger partial charge on any atom is 0.416 e. The number of amides is 1. The maximum absolute atomic E-state index is 12.4. The first-order valence-corrected chi connectivity index (χ1v) is 6.00. The molecule has 104 valence electrons. The Morgan fingerprint density at radius 3 is 2.42 bits per heavy atom. The van der Waals surface area contributed by atoms with Crippen molar-refractivity contribution in [3.05, 3.63) is 35.4 Å². The third-order valence-corrected chi connectivity index (χ3v) is 3.36. The lowest BCUT2D eigenvalue weighted by Crippen LogP contribution is -2.26. The molecule has 0 radical (unpaired) electrons. The summed E-state index contributed by atoms with van der Waals surface area (Å²) in [5, 5.41) is 8.82. The number of alkyl halides is 3. The first-order chi connectivity index (χ1) is 8.86. The van der Waals surface area contributed by atoms with Crippen molar-refractivity contribution in [1.82, 2.24) is 4.90 Å². The molecule has 1 unspecified atom stereocenters. The summed E-state index contributed by atoms with van der Waals surface area (Å²) in [7, 11) is 0. The van der Waals surface area contributed by atoms with E-state index in [1.807, 2.05) is 0 Å². The fraction of sp³-hybridized carbons (Fsp3) is 0.462. The van der Waals surface area contributed by atoms with Gasteiger partial charge in [0.05, 0.1) is 5.56 Å². The highest BCUT2D eigenvalue weighted by Gasteiger charge is 2.30. The van der Waals surface area contributed by atoms with E-state index in [1.54, 1.807) is 0 Å². The molecule has 0 aliphatic carbocycles. The van der Waals surface area contributed by atoms with E-state index in [9.17, 15) is 18.0 Å². The van der Waals surface area contributed by atoms with Crippen molar-refractivity contribution in [2.75, 3.05) is 13.1 Å². The minimum absolute atomic E-state index is 0.188. The summed E-state index contributed by atoms with van der Waals surface area (Å²) < 4.78 is 37.2. The van der Waals surface area contributed by atoms with Crippen LogP contribution in [-0.2, 0) is 12.6 Å². The van der Waals surface area contributed by atoms with Crippen LogP contribution >= 0.6 is 0 Å². The maximum atomic E-state index is 12.4. The van der Waals surface area contributed by atoms with Gasteiger partial charge in [-0.15, -0.1) is 0 Å². The van der Waals surface area contributed by atoms with E-state index in [0.717, 1.165) is 24.1 Å². The monoisotopic (exact) mass is 273 g/mol. The van der Waals surface area contributed by atoms with Crippen molar-refractivity contribution in [2.24, 2.45) is 5.92 Å². The number of likely N-dealkylation sites (tertiary alicyclic amines) is 1. The predicted octanol–water partition coefficient (Wildman–Crippen LogP) is 3.25.